The minimum atomic E-state index is -0.664. The van der Waals surface area contributed by atoms with Crippen molar-refractivity contribution in [1.29, 1.82) is 5.26 Å². The fourth-order valence-electron chi connectivity index (χ4n) is 2.14. The van der Waals surface area contributed by atoms with E-state index in [1.165, 1.54) is 12.1 Å². The number of nitrogens with zero attached hydrogens (tertiary/aromatic N) is 2. The molecule has 0 bridgehead atoms. The van der Waals surface area contributed by atoms with Gasteiger partial charge in [-0.1, -0.05) is 0 Å². The fourth-order valence-corrected chi connectivity index (χ4v) is 2.14. The standard InChI is InChI=1S/C14H12FN3O/c1-9-12(10-2-4-11(15)5-3-10)18-13(17-9)14(6-16)7-19-8-14/h2-5H,7-8H2,1H3,(H,17,18). The van der Waals surface area contributed by atoms with Crippen LogP contribution in [0.3, 0.4) is 0 Å². The summed E-state index contributed by atoms with van der Waals surface area (Å²) in [6.45, 7) is 2.61. The number of aromatic nitrogens is 2. The third-order valence-electron chi connectivity index (χ3n) is 3.37. The molecule has 2 aromatic rings. The first-order valence-corrected chi connectivity index (χ1v) is 5.97. The Morgan fingerprint density at radius 2 is 2.05 bits per heavy atom. The Labute approximate surface area is 109 Å². The van der Waals surface area contributed by atoms with Crippen molar-refractivity contribution < 1.29 is 9.13 Å². The Morgan fingerprint density at radius 1 is 1.37 bits per heavy atom. The molecule has 96 valence electrons. The molecule has 0 radical (unpaired) electrons. The van der Waals surface area contributed by atoms with Gasteiger partial charge in [-0.3, -0.25) is 0 Å². The van der Waals surface area contributed by atoms with Crippen LogP contribution in [-0.4, -0.2) is 23.2 Å². The van der Waals surface area contributed by atoms with Gasteiger partial charge in [0.05, 0.1) is 25.0 Å². The number of benzene rings is 1. The number of nitrogens with one attached hydrogen (secondary N) is 1. The molecule has 0 amide bonds. The monoisotopic (exact) mass is 257 g/mol. The molecule has 1 aliphatic heterocycles. The van der Waals surface area contributed by atoms with E-state index < -0.39 is 5.41 Å². The largest absolute Gasteiger partial charge is 0.377 e. The lowest BCUT2D eigenvalue weighted by Crippen LogP contribution is -2.46. The van der Waals surface area contributed by atoms with Gasteiger partial charge in [-0.05, 0) is 31.2 Å². The lowest BCUT2D eigenvalue weighted by Gasteiger charge is -2.32. The van der Waals surface area contributed by atoms with Crippen LogP contribution in [0.1, 0.15) is 11.5 Å². The maximum Gasteiger partial charge on any atom is 0.161 e. The molecule has 3 rings (SSSR count). The zero-order valence-corrected chi connectivity index (χ0v) is 10.4. The number of ether oxygens (including phenoxy) is 1. The molecular weight excluding hydrogens is 245 g/mol. The quantitative estimate of drug-likeness (QED) is 0.898. The summed E-state index contributed by atoms with van der Waals surface area (Å²) in [7, 11) is 0. The molecule has 0 atom stereocenters. The van der Waals surface area contributed by atoms with Crippen molar-refractivity contribution >= 4 is 0 Å². The maximum absolute atomic E-state index is 12.9. The number of nitriles is 1. The molecule has 1 aliphatic rings. The van der Waals surface area contributed by atoms with Crippen LogP contribution in [0.2, 0.25) is 0 Å². The minimum Gasteiger partial charge on any atom is -0.377 e. The van der Waals surface area contributed by atoms with Crippen LogP contribution >= 0.6 is 0 Å². The number of aryl methyl sites for hydroxylation is 1. The van der Waals surface area contributed by atoms with Crippen LogP contribution < -0.4 is 0 Å². The summed E-state index contributed by atoms with van der Waals surface area (Å²) in [5, 5.41) is 9.26. The SMILES string of the molecule is Cc1[nH]c(C2(C#N)COC2)nc1-c1ccc(F)cc1. The molecule has 19 heavy (non-hydrogen) atoms. The first-order chi connectivity index (χ1) is 9.14. The normalized spacial score (nSPS) is 16.7. The first kappa shape index (κ1) is 11.9. The Bertz CT molecular complexity index is 650. The van der Waals surface area contributed by atoms with Crippen molar-refractivity contribution in [3.05, 3.63) is 41.6 Å². The van der Waals surface area contributed by atoms with Crippen LogP contribution in [0.15, 0.2) is 24.3 Å². The molecule has 1 aromatic carbocycles. The highest BCUT2D eigenvalue weighted by Gasteiger charge is 2.44. The highest BCUT2D eigenvalue weighted by Crippen LogP contribution is 2.32. The van der Waals surface area contributed by atoms with E-state index in [4.69, 9.17) is 4.74 Å². The molecule has 2 heterocycles. The second-order valence-electron chi connectivity index (χ2n) is 4.75. The van der Waals surface area contributed by atoms with Crippen molar-refractivity contribution in [2.45, 2.75) is 12.3 Å². The minimum absolute atomic E-state index is 0.280. The zero-order chi connectivity index (χ0) is 13.5. The van der Waals surface area contributed by atoms with Gasteiger partial charge in [0.2, 0.25) is 0 Å². The van der Waals surface area contributed by atoms with Crippen molar-refractivity contribution in [1.82, 2.24) is 9.97 Å². The summed E-state index contributed by atoms with van der Waals surface area (Å²) < 4.78 is 18.0. The Kier molecular flexibility index (Phi) is 2.61. The number of halogens is 1. The van der Waals surface area contributed by atoms with Gasteiger partial charge in [-0.25, -0.2) is 9.37 Å². The number of hydrogen-bond donors (Lipinski definition) is 1. The van der Waals surface area contributed by atoms with Gasteiger partial charge >= 0.3 is 0 Å². The van der Waals surface area contributed by atoms with E-state index in [2.05, 4.69) is 16.0 Å². The van der Waals surface area contributed by atoms with Crippen LogP contribution in [-0.2, 0) is 10.2 Å². The molecular formula is C14H12FN3O. The second-order valence-corrected chi connectivity index (χ2v) is 4.75. The summed E-state index contributed by atoms with van der Waals surface area (Å²) in [6.07, 6.45) is 0. The molecule has 0 aliphatic carbocycles. The van der Waals surface area contributed by atoms with E-state index in [1.54, 1.807) is 12.1 Å². The summed E-state index contributed by atoms with van der Waals surface area (Å²) in [4.78, 5) is 7.64. The first-order valence-electron chi connectivity index (χ1n) is 5.97. The van der Waals surface area contributed by atoms with Crippen LogP contribution in [0, 0.1) is 24.1 Å². The zero-order valence-electron chi connectivity index (χ0n) is 10.4. The molecule has 4 nitrogen and oxygen atoms in total. The lowest BCUT2D eigenvalue weighted by atomic mass is 9.87. The van der Waals surface area contributed by atoms with Crippen LogP contribution in [0.4, 0.5) is 4.39 Å². The fraction of sp³-hybridized carbons (Fsp3) is 0.286. The third kappa shape index (κ3) is 1.81. The van der Waals surface area contributed by atoms with Gasteiger partial charge in [0.15, 0.2) is 5.41 Å². The molecule has 0 unspecified atom stereocenters. The van der Waals surface area contributed by atoms with E-state index in [1.807, 2.05) is 6.92 Å². The highest BCUT2D eigenvalue weighted by molar-refractivity contribution is 5.62. The van der Waals surface area contributed by atoms with Gasteiger partial charge in [0.25, 0.3) is 0 Å². The van der Waals surface area contributed by atoms with Crippen LogP contribution in [0.25, 0.3) is 11.3 Å². The highest BCUT2D eigenvalue weighted by atomic mass is 19.1. The number of hydrogen-bond acceptors (Lipinski definition) is 3. The third-order valence-corrected chi connectivity index (χ3v) is 3.37. The van der Waals surface area contributed by atoms with E-state index in [0.29, 0.717) is 19.0 Å². The van der Waals surface area contributed by atoms with Crippen molar-refractivity contribution in [2.75, 3.05) is 13.2 Å². The number of rotatable bonds is 2. The maximum atomic E-state index is 12.9. The van der Waals surface area contributed by atoms with Gasteiger partial charge in [0.1, 0.15) is 11.6 Å². The van der Waals surface area contributed by atoms with Crippen molar-refractivity contribution in [2.24, 2.45) is 0 Å². The van der Waals surface area contributed by atoms with Crippen molar-refractivity contribution in [3.8, 4) is 17.3 Å². The Morgan fingerprint density at radius 3 is 2.58 bits per heavy atom. The topological polar surface area (TPSA) is 61.7 Å². The molecule has 0 spiro atoms. The van der Waals surface area contributed by atoms with Gasteiger partial charge in [-0.2, -0.15) is 5.26 Å². The van der Waals surface area contributed by atoms with Gasteiger partial charge in [0, 0.05) is 11.3 Å². The number of H-pyrrole nitrogens is 1. The average Bonchev–Trinajstić information content (AvgIpc) is 2.72. The molecule has 0 saturated carbocycles. The Hall–Kier alpha value is -2.19. The average molecular weight is 257 g/mol. The summed E-state index contributed by atoms with van der Waals surface area (Å²) >= 11 is 0. The van der Waals surface area contributed by atoms with E-state index in [-0.39, 0.29) is 5.82 Å². The predicted molar refractivity (Wildman–Crippen MR) is 66.8 cm³/mol. The van der Waals surface area contributed by atoms with E-state index in [0.717, 1.165) is 17.0 Å². The predicted octanol–water partition coefficient (Wildman–Crippen LogP) is 2.32. The lowest BCUT2D eigenvalue weighted by molar-refractivity contribution is -0.0335. The van der Waals surface area contributed by atoms with Gasteiger partial charge in [-0.15, -0.1) is 0 Å². The second kappa shape index (κ2) is 4.18. The number of aromatic amines is 1. The summed E-state index contributed by atoms with van der Waals surface area (Å²) in [6, 6.07) is 8.41. The van der Waals surface area contributed by atoms with E-state index in [9.17, 15) is 9.65 Å². The summed E-state index contributed by atoms with van der Waals surface area (Å²) in [5.74, 6) is 0.344. The van der Waals surface area contributed by atoms with Crippen molar-refractivity contribution in [3.63, 3.8) is 0 Å². The number of imidazole rings is 1. The smallest absolute Gasteiger partial charge is 0.161 e. The Balaban J connectivity index is 2.03. The molecule has 1 fully saturated rings. The molecule has 1 aromatic heterocycles. The molecule has 5 heteroatoms. The van der Waals surface area contributed by atoms with Gasteiger partial charge < -0.3 is 9.72 Å². The van der Waals surface area contributed by atoms with E-state index >= 15 is 0 Å². The van der Waals surface area contributed by atoms with Crippen LogP contribution in [0.5, 0.6) is 0 Å². The molecule has 1 N–H and O–H groups in total. The molecule has 1 saturated heterocycles. The summed E-state index contributed by atoms with van der Waals surface area (Å²) in [5.41, 5.74) is 1.78.